The van der Waals surface area contributed by atoms with Gasteiger partial charge in [-0.3, -0.25) is 0 Å². The molecule has 1 aliphatic rings. The molecular formula is C18H34BN3. The van der Waals surface area contributed by atoms with Crippen LogP contribution in [-0.4, -0.2) is 22.2 Å². The molecule has 3 nitrogen and oxygen atoms in total. The number of allylic oxidation sites excluding steroid dienone is 3. The Kier molecular flexibility index (Phi) is 13.9. The number of nitrogens with one attached hydrogen (secondary N) is 1. The molecule has 1 aromatic heterocycles. The number of aromatic amines is 1. The molecule has 1 fully saturated rings. The van der Waals surface area contributed by atoms with Crippen molar-refractivity contribution in [3.05, 3.63) is 30.6 Å². The van der Waals surface area contributed by atoms with Crippen molar-refractivity contribution in [2.45, 2.75) is 78.6 Å². The van der Waals surface area contributed by atoms with Gasteiger partial charge in [0.2, 0.25) is 0 Å². The second kappa shape index (κ2) is 14.7. The minimum atomic E-state index is 0.253. The molecule has 1 aliphatic carbocycles. The molecule has 4 heteroatoms. The maximum Gasteiger partial charge on any atom is -0.0443 e. The minimum Gasteiger partial charge on any atom is -0.0656 e. The summed E-state index contributed by atoms with van der Waals surface area (Å²) in [6, 6.07) is 0. The molecule has 0 aromatic carbocycles. The van der Waals surface area contributed by atoms with E-state index in [4.69, 9.17) is 0 Å². The normalized spacial score (nSPS) is 16.0. The van der Waals surface area contributed by atoms with Gasteiger partial charge >= 0.3 is 72.1 Å². The van der Waals surface area contributed by atoms with Crippen LogP contribution in [0.15, 0.2) is 24.8 Å². The molecule has 1 heterocycles. The van der Waals surface area contributed by atoms with E-state index < -0.39 is 0 Å². The third kappa shape index (κ3) is 10.5. The summed E-state index contributed by atoms with van der Waals surface area (Å²) in [5, 5.41) is 6.62. The van der Waals surface area contributed by atoms with E-state index in [-0.39, 0.29) is 5.92 Å². The summed E-state index contributed by atoms with van der Waals surface area (Å²) in [6.45, 7) is 12.4. The van der Waals surface area contributed by atoms with Crippen LogP contribution in [0.4, 0.5) is 0 Å². The number of rotatable bonds is 4. The molecule has 2 rings (SSSR count). The van der Waals surface area contributed by atoms with Crippen molar-refractivity contribution < 1.29 is 0 Å². The summed E-state index contributed by atoms with van der Waals surface area (Å²) in [5.41, 5.74) is 0. The minimum absolute atomic E-state index is 0.253. The van der Waals surface area contributed by atoms with Crippen molar-refractivity contribution >= 4 is 7.19 Å². The molecule has 0 saturated heterocycles. The fraction of sp³-hybridized carbons (Fsp3) is 0.722. The largest absolute Gasteiger partial charge is 0.0656 e. The summed E-state index contributed by atoms with van der Waals surface area (Å²) < 4.78 is 0. The van der Waals surface area contributed by atoms with Crippen molar-refractivity contribution in [2.24, 2.45) is 5.92 Å². The number of aromatic nitrogens is 3. The summed E-state index contributed by atoms with van der Waals surface area (Å²) in [7, 11) is 1.52. The van der Waals surface area contributed by atoms with Crippen LogP contribution in [0.2, 0.25) is 0 Å². The number of H-pyrrole nitrogens is 1. The first kappa shape index (κ1) is 20.8. The van der Waals surface area contributed by atoms with E-state index >= 15 is 0 Å². The standard InChI is InChI=1S/C8H12BN3.C7H14.C3H8/c1-3-5-6-7(4-2)8-10-9-12-11-8;1-7-5-3-2-4-6-7;1-3-2/h3-5,7H,2,6H2,1H3,(H,10,11);7H,2-6H2,1H3;3H2,1-2H3/t7-;;/m1../s1. The predicted molar refractivity (Wildman–Crippen MR) is 98.3 cm³/mol. The second-order valence-electron chi connectivity index (χ2n) is 5.97. The van der Waals surface area contributed by atoms with Gasteiger partial charge in [-0.2, -0.15) is 0 Å². The summed E-state index contributed by atoms with van der Waals surface area (Å²) in [5.74, 6) is 2.17. The summed E-state index contributed by atoms with van der Waals surface area (Å²) in [6.07, 6.45) is 15.6. The summed E-state index contributed by atoms with van der Waals surface area (Å²) >= 11 is 0. The Hall–Kier alpha value is -1.19. The Morgan fingerprint density at radius 2 is 1.95 bits per heavy atom. The Morgan fingerprint density at radius 1 is 1.32 bits per heavy atom. The molecule has 0 radical (unpaired) electrons. The van der Waals surface area contributed by atoms with Crippen molar-refractivity contribution in [1.82, 2.24) is 15.0 Å². The monoisotopic (exact) mass is 303 g/mol. The Bertz CT molecular complexity index is 368. The maximum absolute atomic E-state index is 4.07. The SMILES string of the molecule is C=C[C@H](CC=CC)c1nbn[nH]1.CC1CCCCC1.CCC. The molecule has 0 spiro atoms. The van der Waals surface area contributed by atoms with Crippen LogP contribution in [-0.2, 0) is 0 Å². The van der Waals surface area contributed by atoms with Crippen molar-refractivity contribution in [2.75, 3.05) is 0 Å². The van der Waals surface area contributed by atoms with E-state index in [2.05, 4.69) is 48.4 Å². The molecule has 1 atom stereocenters. The zero-order chi connectivity index (χ0) is 16.6. The van der Waals surface area contributed by atoms with Gasteiger partial charge in [0.25, 0.3) is 0 Å². The average Bonchev–Trinajstić information content (AvgIpc) is 3.05. The first-order chi connectivity index (χ1) is 10.7. The van der Waals surface area contributed by atoms with Gasteiger partial charge in [0.15, 0.2) is 0 Å². The van der Waals surface area contributed by atoms with Gasteiger partial charge in [-0.05, 0) is 5.92 Å². The Balaban J connectivity index is 0.000000372. The van der Waals surface area contributed by atoms with Crippen LogP contribution >= 0.6 is 0 Å². The first-order valence-electron chi connectivity index (χ1n) is 8.78. The van der Waals surface area contributed by atoms with Crippen molar-refractivity contribution in [1.29, 1.82) is 0 Å². The molecule has 22 heavy (non-hydrogen) atoms. The fourth-order valence-electron chi connectivity index (χ4n) is 2.30. The molecular weight excluding hydrogens is 269 g/mol. The molecule has 1 N–H and O–H groups in total. The Labute approximate surface area is 138 Å². The second-order valence-corrected chi connectivity index (χ2v) is 5.97. The predicted octanol–water partition coefficient (Wildman–Crippen LogP) is 5.38. The van der Waals surface area contributed by atoms with Gasteiger partial charge in [-0.15, -0.1) is 0 Å². The molecule has 1 aromatic rings. The fourth-order valence-corrected chi connectivity index (χ4v) is 2.30. The van der Waals surface area contributed by atoms with Crippen molar-refractivity contribution in [3.63, 3.8) is 0 Å². The molecule has 0 amide bonds. The van der Waals surface area contributed by atoms with E-state index in [1.165, 1.54) is 45.7 Å². The Morgan fingerprint density at radius 3 is 2.32 bits per heavy atom. The molecule has 1 saturated carbocycles. The zero-order valence-electron chi connectivity index (χ0n) is 15.0. The van der Waals surface area contributed by atoms with Gasteiger partial charge in [0, 0.05) is 0 Å². The van der Waals surface area contributed by atoms with E-state index in [1.54, 1.807) is 0 Å². The van der Waals surface area contributed by atoms with E-state index in [1.807, 2.05) is 19.1 Å². The molecule has 124 valence electrons. The van der Waals surface area contributed by atoms with Crippen LogP contribution in [0.1, 0.15) is 84.4 Å². The van der Waals surface area contributed by atoms with E-state index in [9.17, 15) is 0 Å². The quantitative estimate of drug-likeness (QED) is 0.758. The van der Waals surface area contributed by atoms with E-state index in [0.717, 1.165) is 18.2 Å². The average molecular weight is 303 g/mol. The number of nitrogens with zero attached hydrogens (tertiary/aromatic N) is 2. The summed E-state index contributed by atoms with van der Waals surface area (Å²) in [4.78, 5) is 4.07. The van der Waals surface area contributed by atoms with Crippen LogP contribution in [0.25, 0.3) is 0 Å². The van der Waals surface area contributed by atoms with Crippen LogP contribution in [0.3, 0.4) is 0 Å². The topological polar surface area (TPSA) is 41.6 Å². The third-order valence-electron chi connectivity index (χ3n) is 3.59. The van der Waals surface area contributed by atoms with Crippen LogP contribution in [0, 0.1) is 5.92 Å². The first-order valence-corrected chi connectivity index (χ1v) is 8.78. The maximum atomic E-state index is 4.07. The third-order valence-corrected chi connectivity index (χ3v) is 3.59. The van der Waals surface area contributed by atoms with Gasteiger partial charge in [-0.25, -0.2) is 0 Å². The van der Waals surface area contributed by atoms with Gasteiger partial charge in [0.1, 0.15) is 0 Å². The number of hydrogen-bond acceptors (Lipinski definition) is 2. The molecule has 0 unspecified atom stereocenters. The van der Waals surface area contributed by atoms with Crippen LogP contribution in [0.5, 0.6) is 0 Å². The molecule has 0 aliphatic heterocycles. The smallest absolute Gasteiger partial charge is 0.0443 e. The zero-order valence-corrected chi connectivity index (χ0v) is 15.0. The number of hydrogen-bond donors (Lipinski definition) is 1. The van der Waals surface area contributed by atoms with Gasteiger partial charge < -0.3 is 0 Å². The van der Waals surface area contributed by atoms with Crippen LogP contribution < -0.4 is 0 Å². The van der Waals surface area contributed by atoms with E-state index in [0.29, 0.717) is 0 Å². The molecule has 0 bridgehead atoms. The van der Waals surface area contributed by atoms with Gasteiger partial charge in [-0.1, -0.05) is 59.3 Å². The van der Waals surface area contributed by atoms with Crippen molar-refractivity contribution in [3.8, 4) is 0 Å². The van der Waals surface area contributed by atoms with Gasteiger partial charge in [0.05, 0.1) is 0 Å².